The van der Waals surface area contributed by atoms with Crippen LogP contribution >= 0.6 is 31.9 Å². The molecule has 2 aromatic carbocycles. The summed E-state index contributed by atoms with van der Waals surface area (Å²) in [6.45, 7) is 1.80. The van der Waals surface area contributed by atoms with Crippen LogP contribution in [-0.2, 0) is 15.6 Å². The van der Waals surface area contributed by atoms with E-state index in [1.165, 1.54) is 11.7 Å². The molecule has 0 aliphatic rings. The van der Waals surface area contributed by atoms with Gasteiger partial charge in [-0.1, -0.05) is 35.0 Å². The molecule has 0 atom stereocenters. The van der Waals surface area contributed by atoms with Crippen LogP contribution in [0.1, 0.15) is 19.2 Å². The third-order valence-electron chi connectivity index (χ3n) is 4.15. The van der Waals surface area contributed by atoms with Crippen LogP contribution in [0, 0.1) is 0 Å². The van der Waals surface area contributed by atoms with Crippen LogP contribution in [0.15, 0.2) is 50.1 Å². The summed E-state index contributed by atoms with van der Waals surface area (Å²) in [5.41, 5.74) is 0.501. The quantitative estimate of drug-likeness (QED) is 0.477. The molecule has 0 saturated heterocycles. The maximum Gasteiger partial charge on any atom is 0.266 e. The lowest BCUT2D eigenvalue weighted by atomic mass is 10.2. The van der Waals surface area contributed by atoms with Crippen LogP contribution in [0.25, 0.3) is 16.6 Å². The Kier molecular flexibility index (Phi) is 6.26. The minimum absolute atomic E-state index is 0.0222. The normalized spacial score (nSPS) is 11.7. The van der Waals surface area contributed by atoms with Crippen LogP contribution in [0.3, 0.4) is 0 Å². The van der Waals surface area contributed by atoms with E-state index in [9.17, 15) is 13.2 Å². The summed E-state index contributed by atoms with van der Waals surface area (Å²) in [5.74, 6) is 0.286. The van der Waals surface area contributed by atoms with E-state index in [1.54, 1.807) is 43.3 Å². The average molecular weight is 530 g/mol. The highest BCUT2D eigenvalue weighted by atomic mass is 79.9. The molecule has 0 radical (unpaired) electrons. The molecule has 0 aliphatic heterocycles. The number of rotatable bonds is 6. The van der Waals surface area contributed by atoms with Gasteiger partial charge in [-0.05, 0) is 46.6 Å². The van der Waals surface area contributed by atoms with Gasteiger partial charge >= 0.3 is 0 Å². The van der Waals surface area contributed by atoms with Crippen molar-refractivity contribution in [3.05, 3.63) is 61.5 Å². The highest BCUT2D eigenvalue weighted by Gasteiger charge is 2.22. The van der Waals surface area contributed by atoms with Crippen molar-refractivity contribution in [2.75, 3.05) is 12.9 Å². The second-order valence-electron chi connectivity index (χ2n) is 6.22. The van der Waals surface area contributed by atoms with Crippen molar-refractivity contribution in [2.45, 2.75) is 19.1 Å². The summed E-state index contributed by atoms with van der Waals surface area (Å²) in [6, 6.07) is 10.4. The zero-order valence-electron chi connectivity index (χ0n) is 15.3. The zero-order valence-corrected chi connectivity index (χ0v) is 19.3. The Labute approximate surface area is 179 Å². The Balaban J connectivity index is 2.41. The van der Waals surface area contributed by atoms with E-state index < -0.39 is 9.84 Å². The van der Waals surface area contributed by atoms with Gasteiger partial charge in [-0.15, -0.1) is 0 Å². The van der Waals surface area contributed by atoms with Gasteiger partial charge in [0.2, 0.25) is 0 Å². The lowest BCUT2D eigenvalue weighted by molar-refractivity contribution is 0.412. The number of hydrogen-bond acceptors (Lipinski definition) is 5. The molecule has 0 amide bonds. The fourth-order valence-electron chi connectivity index (χ4n) is 3.00. The van der Waals surface area contributed by atoms with Crippen molar-refractivity contribution in [1.82, 2.24) is 9.55 Å². The van der Waals surface area contributed by atoms with E-state index in [1.807, 2.05) is 0 Å². The van der Waals surface area contributed by atoms with Crippen molar-refractivity contribution in [1.29, 1.82) is 0 Å². The summed E-state index contributed by atoms with van der Waals surface area (Å²) >= 11 is 6.81. The standard InChI is InChI=1S/C19H18Br2N2O4S/c1-3-8-28(25,26)11-17-22-18-13(9-12(20)10-14(18)21)19(24)23(17)15-6-4-5-7-16(15)27-2/h4-7,9-10H,3,8,11H2,1-2H3. The van der Waals surface area contributed by atoms with Crippen LogP contribution in [-0.4, -0.2) is 30.8 Å². The van der Waals surface area contributed by atoms with Crippen molar-refractivity contribution in [3.63, 3.8) is 0 Å². The molecule has 0 aliphatic carbocycles. The monoisotopic (exact) mass is 528 g/mol. The highest BCUT2D eigenvalue weighted by Crippen LogP contribution is 2.28. The number of fused-ring (bicyclic) bond motifs is 1. The molecule has 148 valence electrons. The SMILES string of the molecule is CCCS(=O)(=O)Cc1nc2c(Br)cc(Br)cc2c(=O)n1-c1ccccc1OC. The first-order chi connectivity index (χ1) is 13.3. The van der Waals surface area contributed by atoms with Crippen LogP contribution < -0.4 is 10.3 Å². The molecule has 3 aromatic rings. The number of aromatic nitrogens is 2. The number of halogens is 2. The molecular weight excluding hydrogens is 512 g/mol. The number of sulfone groups is 1. The minimum Gasteiger partial charge on any atom is -0.495 e. The predicted octanol–water partition coefficient (Wildman–Crippen LogP) is 4.24. The zero-order chi connectivity index (χ0) is 20.5. The molecule has 0 saturated carbocycles. The summed E-state index contributed by atoms with van der Waals surface area (Å²) in [7, 11) is -1.93. The molecule has 9 heteroatoms. The largest absolute Gasteiger partial charge is 0.495 e. The van der Waals surface area contributed by atoms with E-state index >= 15 is 0 Å². The molecule has 0 bridgehead atoms. The Bertz CT molecular complexity index is 1210. The fraction of sp³-hybridized carbons (Fsp3) is 0.263. The molecule has 0 spiro atoms. The summed E-state index contributed by atoms with van der Waals surface area (Å²) < 4.78 is 33.1. The van der Waals surface area contributed by atoms with Gasteiger partial charge in [-0.2, -0.15) is 0 Å². The number of nitrogens with zero attached hydrogens (tertiary/aromatic N) is 2. The molecular formula is C19H18Br2N2O4S. The Hall–Kier alpha value is -1.71. The third kappa shape index (κ3) is 4.16. The highest BCUT2D eigenvalue weighted by molar-refractivity contribution is 9.11. The Morgan fingerprint density at radius 3 is 2.57 bits per heavy atom. The Morgan fingerprint density at radius 1 is 1.18 bits per heavy atom. The van der Waals surface area contributed by atoms with Crippen molar-refractivity contribution >= 4 is 52.6 Å². The lowest BCUT2D eigenvalue weighted by Gasteiger charge is -2.16. The van der Waals surface area contributed by atoms with Crippen molar-refractivity contribution in [3.8, 4) is 11.4 Å². The van der Waals surface area contributed by atoms with E-state index in [0.717, 1.165) is 0 Å². The van der Waals surface area contributed by atoms with Gasteiger partial charge in [-0.25, -0.2) is 13.4 Å². The van der Waals surface area contributed by atoms with Gasteiger partial charge in [-0.3, -0.25) is 9.36 Å². The van der Waals surface area contributed by atoms with Crippen molar-refractivity contribution < 1.29 is 13.2 Å². The van der Waals surface area contributed by atoms with Crippen LogP contribution in [0.4, 0.5) is 0 Å². The van der Waals surface area contributed by atoms with E-state index in [2.05, 4.69) is 36.8 Å². The number of benzene rings is 2. The number of ether oxygens (including phenoxy) is 1. The third-order valence-corrected chi connectivity index (χ3v) is 6.94. The van der Waals surface area contributed by atoms with E-state index in [4.69, 9.17) is 4.74 Å². The summed E-state index contributed by atoms with van der Waals surface area (Å²) in [6.07, 6.45) is 0.492. The van der Waals surface area contributed by atoms with Gasteiger partial charge in [0.05, 0.1) is 29.5 Å². The maximum atomic E-state index is 13.4. The average Bonchev–Trinajstić information content (AvgIpc) is 2.63. The topological polar surface area (TPSA) is 78.3 Å². The first-order valence-corrected chi connectivity index (χ1v) is 11.9. The predicted molar refractivity (Wildman–Crippen MR) is 117 cm³/mol. The maximum absolute atomic E-state index is 13.4. The first-order valence-electron chi connectivity index (χ1n) is 8.52. The molecule has 3 rings (SSSR count). The molecule has 6 nitrogen and oxygen atoms in total. The Morgan fingerprint density at radius 2 is 1.89 bits per heavy atom. The fourth-order valence-corrected chi connectivity index (χ4v) is 5.67. The minimum atomic E-state index is -3.43. The van der Waals surface area contributed by atoms with Crippen LogP contribution in [0.5, 0.6) is 5.75 Å². The molecule has 1 heterocycles. The van der Waals surface area contributed by atoms with E-state index in [-0.39, 0.29) is 22.9 Å². The lowest BCUT2D eigenvalue weighted by Crippen LogP contribution is -2.26. The van der Waals surface area contributed by atoms with E-state index in [0.29, 0.717) is 37.7 Å². The molecule has 0 N–H and O–H groups in total. The summed E-state index contributed by atoms with van der Waals surface area (Å²) in [5, 5.41) is 0.365. The smallest absolute Gasteiger partial charge is 0.266 e. The van der Waals surface area contributed by atoms with Gasteiger partial charge in [0.15, 0.2) is 9.84 Å². The second-order valence-corrected chi connectivity index (χ2v) is 10.2. The van der Waals surface area contributed by atoms with Crippen molar-refractivity contribution in [2.24, 2.45) is 0 Å². The van der Waals surface area contributed by atoms with Crippen LogP contribution in [0.2, 0.25) is 0 Å². The number of hydrogen-bond donors (Lipinski definition) is 0. The molecule has 1 aromatic heterocycles. The molecule has 28 heavy (non-hydrogen) atoms. The first kappa shape index (κ1) is 21.0. The second kappa shape index (κ2) is 8.34. The van der Waals surface area contributed by atoms with Gasteiger partial charge in [0.1, 0.15) is 17.3 Å². The number of methoxy groups -OCH3 is 1. The summed E-state index contributed by atoms with van der Waals surface area (Å²) in [4.78, 5) is 18.0. The van der Waals surface area contributed by atoms with Gasteiger partial charge < -0.3 is 4.74 Å². The van der Waals surface area contributed by atoms with Gasteiger partial charge in [0, 0.05) is 8.95 Å². The van der Waals surface area contributed by atoms with Gasteiger partial charge in [0.25, 0.3) is 5.56 Å². The number of para-hydroxylation sites is 2. The molecule has 0 fully saturated rings. The molecule has 0 unspecified atom stereocenters.